The summed E-state index contributed by atoms with van der Waals surface area (Å²) in [5, 5.41) is 0. The molecule has 1 saturated heterocycles. The van der Waals surface area contributed by atoms with Gasteiger partial charge in [-0.25, -0.2) is 0 Å². The van der Waals surface area contributed by atoms with Crippen molar-refractivity contribution in [2.24, 2.45) is 0 Å². The number of aldehydes is 1. The molecule has 0 aliphatic carbocycles. The Labute approximate surface area is 69.6 Å². The molecule has 3 atom stereocenters. The Hall–Kier alpha value is -0.940. The zero-order valence-electron chi connectivity index (χ0n) is 6.64. The van der Waals surface area contributed by atoms with E-state index in [-0.39, 0.29) is 13.1 Å². The van der Waals surface area contributed by atoms with Crippen LogP contribution in [0.5, 0.6) is 0 Å². The summed E-state index contributed by atoms with van der Waals surface area (Å²) in [7, 11) is 0. The average molecular weight is 174 g/mol. The molecule has 0 aromatic heterocycles. The minimum absolute atomic E-state index is 0.198. The molecule has 1 heterocycles. The van der Waals surface area contributed by atoms with Crippen LogP contribution in [0.15, 0.2) is 0 Å². The lowest BCUT2D eigenvalue weighted by molar-refractivity contribution is -0.238. The molecule has 0 aromatic rings. The summed E-state index contributed by atoms with van der Waals surface area (Å²) in [5.41, 5.74) is 0. The number of carbonyl (C=O) groups is 2. The van der Waals surface area contributed by atoms with Gasteiger partial charge in [-0.3, -0.25) is 4.79 Å². The van der Waals surface area contributed by atoms with Gasteiger partial charge in [0.15, 0.2) is 24.8 Å². The number of ether oxygens (including phenoxy) is 3. The molecule has 5 heteroatoms. The quantitative estimate of drug-likeness (QED) is 0.539. The first-order chi connectivity index (χ1) is 5.77. The smallest absolute Gasteiger partial charge is 0.293 e. The third kappa shape index (κ3) is 2.02. The molecule has 0 radical (unpaired) electrons. The second kappa shape index (κ2) is 4.18. The summed E-state index contributed by atoms with van der Waals surface area (Å²) in [6.45, 7) is 2.15. The molecular formula is C7H10O5. The Balaban J connectivity index is 2.49. The zero-order valence-corrected chi connectivity index (χ0v) is 6.64. The van der Waals surface area contributed by atoms with Gasteiger partial charge >= 0.3 is 0 Å². The van der Waals surface area contributed by atoms with E-state index in [1.54, 1.807) is 6.92 Å². The van der Waals surface area contributed by atoms with E-state index in [1.807, 2.05) is 0 Å². The Bertz CT molecular complexity index is 169. The second-order valence-electron chi connectivity index (χ2n) is 2.41. The summed E-state index contributed by atoms with van der Waals surface area (Å²) >= 11 is 0. The minimum Gasteiger partial charge on any atom is -0.459 e. The standard InChI is InChI=1S/C7H10O5/c1-5-10-3-7(11-4-9)6(2-8)12-5/h2,4-7H,3H2,1H3. The Morgan fingerprint density at radius 1 is 1.50 bits per heavy atom. The average Bonchev–Trinajstić information content (AvgIpc) is 2.08. The van der Waals surface area contributed by atoms with Crippen LogP contribution < -0.4 is 0 Å². The van der Waals surface area contributed by atoms with Crippen molar-refractivity contribution in [3.8, 4) is 0 Å². The summed E-state index contributed by atoms with van der Waals surface area (Å²) < 4.78 is 14.6. The zero-order chi connectivity index (χ0) is 8.97. The van der Waals surface area contributed by atoms with E-state index in [1.165, 1.54) is 0 Å². The van der Waals surface area contributed by atoms with Gasteiger partial charge < -0.3 is 19.0 Å². The first-order valence-corrected chi connectivity index (χ1v) is 3.59. The Morgan fingerprint density at radius 3 is 2.83 bits per heavy atom. The van der Waals surface area contributed by atoms with E-state index >= 15 is 0 Å². The number of carbonyl (C=O) groups excluding carboxylic acids is 2. The SMILES string of the molecule is CC1OCC(OC=O)C(C=O)O1. The van der Waals surface area contributed by atoms with Gasteiger partial charge in [0, 0.05) is 0 Å². The van der Waals surface area contributed by atoms with Crippen LogP contribution in [0, 0.1) is 0 Å². The lowest BCUT2D eigenvalue weighted by Gasteiger charge is -2.30. The summed E-state index contributed by atoms with van der Waals surface area (Å²) in [6, 6.07) is 0. The molecule has 0 N–H and O–H groups in total. The van der Waals surface area contributed by atoms with Crippen molar-refractivity contribution in [3.63, 3.8) is 0 Å². The van der Waals surface area contributed by atoms with Crippen LogP contribution in [0.3, 0.4) is 0 Å². The van der Waals surface area contributed by atoms with Crippen LogP contribution in [0.1, 0.15) is 6.92 Å². The molecule has 1 aliphatic heterocycles. The fraction of sp³-hybridized carbons (Fsp3) is 0.714. The van der Waals surface area contributed by atoms with E-state index < -0.39 is 18.5 Å². The molecule has 0 amide bonds. The molecule has 3 unspecified atom stereocenters. The molecule has 1 rings (SSSR count). The normalized spacial score (nSPS) is 35.6. The van der Waals surface area contributed by atoms with Gasteiger partial charge in [-0.2, -0.15) is 0 Å². The first kappa shape index (κ1) is 9.15. The van der Waals surface area contributed by atoms with Crippen LogP contribution in [0.25, 0.3) is 0 Å². The minimum atomic E-state index is -0.709. The van der Waals surface area contributed by atoms with E-state index in [4.69, 9.17) is 9.47 Å². The van der Waals surface area contributed by atoms with Gasteiger partial charge in [-0.1, -0.05) is 0 Å². The Kier molecular flexibility index (Phi) is 3.19. The predicted molar refractivity (Wildman–Crippen MR) is 37.3 cm³/mol. The maximum absolute atomic E-state index is 10.4. The molecule has 0 saturated carbocycles. The molecule has 1 fully saturated rings. The molecule has 0 aromatic carbocycles. The lowest BCUT2D eigenvalue weighted by Crippen LogP contribution is -2.44. The summed E-state index contributed by atoms with van der Waals surface area (Å²) in [6.07, 6.45) is -1.14. The van der Waals surface area contributed by atoms with Crippen LogP contribution >= 0.6 is 0 Å². The maximum Gasteiger partial charge on any atom is 0.293 e. The highest BCUT2D eigenvalue weighted by atomic mass is 16.7. The largest absolute Gasteiger partial charge is 0.459 e. The van der Waals surface area contributed by atoms with Gasteiger partial charge in [-0.05, 0) is 6.92 Å². The maximum atomic E-state index is 10.4. The molecule has 12 heavy (non-hydrogen) atoms. The van der Waals surface area contributed by atoms with Crippen LogP contribution in [-0.4, -0.2) is 37.9 Å². The molecule has 0 bridgehead atoms. The number of hydrogen-bond donors (Lipinski definition) is 0. The van der Waals surface area contributed by atoms with Crippen molar-refractivity contribution in [2.75, 3.05) is 6.61 Å². The van der Waals surface area contributed by atoms with Gasteiger partial charge in [0.2, 0.25) is 0 Å². The van der Waals surface area contributed by atoms with Crippen molar-refractivity contribution in [1.82, 2.24) is 0 Å². The third-order valence-electron chi connectivity index (χ3n) is 1.57. The van der Waals surface area contributed by atoms with Crippen molar-refractivity contribution in [1.29, 1.82) is 0 Å². The fourth-order valence-corrected chi connectivity index (χ4v) is 0.981. The highest BCUT2D eigenvalue weighted by molar-refractivity contribution is 5.58. The van der Waals surface area contributed by atoms with Gasteiger partial charge in [0.05, 0.1) is 6.61 Å². The van der Waals surface area contributed by atoms with Gasteiger partial charge in [0.1, 0.15) is 0 Å². The summed E-state index contributed by atoms with van der Waals surface area (Å²) in [4.78, 5) is 20.4. The predicted octanol–water partition coefficient (Wildman–Crippen LogP) is -0.512. The van der Waals surface area contributed by atoms with Crippen molar-refractivity contribution >= 4 is 12.8 Å². The first-order valence-electron chi connectivity index (χ1n) is 3.59. The molecule has 68 valence electrons. The fourth-order valence-electron chi connectivity index (χ4n) is 0.981. The number of hydrogen-bond acceptors (Lipinski definition) is 5. The third-order valence-corrected chi connectivity index (χ3v) is 1.57. The number of rotatable bonds is 3. The monoisotopic (exact) mass is 174 g/mol. The van der Waals surface area contributed by atoms with Gasteiger partial charge in [-0.15, -0.1) is 0 Å². The van der Waals surface area contributed by atoms with Crippen molar-refractivity contribution in [3.05, 3.63) is 0 Å². The topological polar surface area (TPSA) is 61.8 Å². The highest BCUT2D eigenvalue weighted by Gasteiger charge is 2.30. The molecule has 0 spiro atoms. The van der Waals surface area contributed by atoms with E-state index in [0.29, 0.717) is 6.29 Å². The van der Waals surface area contributed by atoms with Crippen molar-refractivity contribution < 1.29 is 23.8 Å². The molecule has 5 nitrogen and oxygen atoms in total. The van der Waals surface area contributed by atoms with Crippen LogP contribution in [0.2, 0.25) is 0 Å². The second-order valence-corrected chi connectivity index (χ2v) is 2.41. The lowest BCUT2D eigenvalue weighted by atomic mass is 10.2. The Morgan fingerprint density at radius 2 is 2.25 bits per heavy atom. The van der Waals surface area contributed by atoms with E-state index in [9.17, 15) is 9.59 Å². The van der Waals surface area contributed by atoms with E-state index in [0.717, 1.165) is 0 Å². The molecule has 1 aliphatic rings. The highest BCUT2D eigenvalue weighted by Crippen LogP contribution is 2.13. The van der Waals surface area contributed by atoms with Crippen LogP contribution in [-0.2, 0) is 23.8 Å². The van der Waals surface area contributed by atoms with Crippen molar-refractivity contribution in [2.45, 2.75) is 25.4 Å². The van der Waals surface area contributed by atoms with Crippen LogP contribution in [0.4, 0.5) is 0 Å². The molecular weight excluding hydrogens is 164 g/mol. The van der Waals surface area contributed by atoms with Gasteiger partial charge in [0.25, 0.3) is 6.47 Å². The van der Waals surface area contributed by atoms with E-state index in [2.05, 4.69) is 4.74 Å². The summed E-state index contributed by atoms with van der Waals surface area (Å²) in [5.74, 6) is 0.